The predicted octanol–water partition coefficient (Wildman–Crippen LogP) is 1.49. The molecule has 0 aliphatic heterocycles. The van der Waals surface area contributed by atoms with Crippen LogP contribution in [0.5, 0.6) is 0 Å². The fraction of sp³-hybridized carbons (Fsp3) is 0.364. The van der Waals surface area contributed by atoms with Crippen molar-refractivity contribution in [3.63, 3.8) is 0 Å². The summed E-state index contributed by atoms with van der Waals surface area (Å²) in [6.07, 6.45) is 3.29. The molecule has 0 saturated carbocycles. The van der Waals surface area contributed by atoms with Crippen LogP contribution in [0.15, 0.2) is 24.3 Å². The molecule has 5 nitrogen and oxygen atoms in total. The average molecular weight is 226 g/mol. The van der Waals surface area contributed by atoms with Gasteiger partial charge in [0.2, 0.25) is 0 Å². The molecule has 0 aromatic heterocycles. The number of hydrogen-bond donors (Lipinski definition) is 0. The molecule has 0 aromatic carbocycles. The minimum absolute atomic E-state index is 0.301. The van der Waals surface area contributed by atoms with Crippen molar-refractivity contribution < 1.29 is 24.2 Å². The van der Waals surface area contributed by atoms with Crippen LogP contribution in [0.1, 0.15) is 26.7 Å². The zero-order valence-electron chi connectivity index (χ0n) is 9.32. The molecular weight excluding hydrogens is 212 g/mol. The Bertz CT molecular complexity index is 327. The standard InChI is InChI=1S/C11H14O5/c1-4-5-6-8(2)11(14)16-15-10(13)7-9(3)12/h4,6H,1,5,7H2,2-3H3. The molecule has 16 heavy (non-hydrogen) atoms. The van der Waals surface area contributed by atoms with Gasteiger partial charge in [-0.15, -0.1) is 6.58 Å². The van der Waals surface area contributed by atoms with Gasteiger partial charge in [0, 0.05) is 5.57 Å². The number of ketones is 1. The van der Waals surface area contributed by atoms with Crippen LogP contribution in [0.3, 0.4) is 0 Å². The van der Waals surface area contributed by atoms with E-state index in [1.165, 1.54) is 13.8 Å². The monoisotopic (exact) mass is 226 g/mol. The van der Waals surface area contributed by atoms with Crippen molar-refractivity contribution >= 4 is 17.7 Å². The Hall–Kier alpha value is -1.91. The molecule has 0 saturated heterocycles. The highest BCUT2D eigenvalue weighted by atomic mass is 17.2. The first kappa shape index (κ1) is 14.1. The highest BCUT2D eigenvalue weighted by molar-refractivity contribution is 5.94. The van der Waals surface area contributed by atoms with E-state index in [2.05, 4.69) is 16.4 Å². The van der Waals surface area contributed by atoms with Gasteiger partial charge >= 0.3 is 11.9 Å². The average Bonchev–Trinajstić information content (AvgIpc) is 2.21. The first-order valence-electron chi connectivity index (χ1n) is 4.66. The van der Waals surface area contributed by atoms with E-state index in [9.17, 15) is 14.4 Å². The van der Waals surface area contributed by atoms with Gasteiger partial charge in [-0.3, -0.25) is 4.79 Å². The number of hydrogen-bond acceptors (Lipinski definition) is 5. The van der Waals surface area contributed by atoms with E-state index in [0.29, 0.717) is 12.0 Å². The molecule has 0 fully saturated rings. The molecule has 0 aliphatic carbocycles. The van der Waals surface area contributed by atoms with Gasteiger partial charge < -0.3 is 0 Å². The summed E-state index contributed by atoms with van der Waals surface area (Å²) in [5.41, 5.74) is 0.301. The Morgan fingerprint density at radius 3 is 2.31 bits per heavy atom. The number of rotatable bonds is 5. The van der Waals surface area contributed by atoms with Gasteiger partial charge in [-0.2, -0.15) is 0 Å². The molecule has 0 radical (unpaired) electrons. The number of carbonyl (C=O) groups is 3. The van der Waals surface area contributed by atoms with Gasteiger partial charge in [-0.05, 0) is 20.3 Å². The third kappa shape index (κ3) is 6.53. The second kappa shape index (κ2) is 7.39. The highest BCUT2D eigenvalue weighted by Gasteiger charge is 2.12. The van der Waals surface area contributed by atoms with Crippen molar-refractivity contribution in [3.05, 3.63) is 24.3 Å². The van der Waals surface area contributed by atoms with Crippen molar-refractivity contribution in [2.75, 3.05) is 0 Å². The van der Waals surface area contributed by atoms with Crippen molar-refractivity contribution in [1.29, 1.82) is 0 Å². The van der Waals surface area contributed by atoms with Crippen molar-refractivity contribution in [1.82, 2.24) is 0 Å². The number of allylic oxidation sites excluding steroid dienone is 2. The normalized spacial score (nSPS) is 10.5. The van der Waals surface area contributed by atoms with Crippen LogP contribution < -0.4 is 0 Å². The summed E-state index contributed by atoms with van der Waals surface area (Å²) in [4.78, 5) is 40.9. The quantitative estimate of drug-likeness (QED) is 0.233. The molecule has 5 heteroatoms. The van der Waals surface area contributed by atoms with Gasteiger partial charge in [0.05, 0.1) is 0 Å². The molecular formula is C11H14O5. The maximum atomic E-state index is 11.2. The minimum atomic E-state index is -0.891. The van der Waals surface area contributed by atoms with Crippen LogP contribution in [0.25, 0.3) is 0 Å². The van der Waals surface area contributed by atoms with Crippen LogP contribution in [0, 0.1) is 0 Å². The van der Waals surface area contributed by atoms with E-state index >= 15 is 0 Å². The molecule has 0 amide bonds. The van der Waals surface area contributed by atoms with E-state index in [1.807, 2.05) is 0 Å². The second-order valence-corrected chi connectivity index (χ2v) is 3.12. The predicted molar refractivity (Wildman–Crippen MR) is 56.1 cm³/mol. The molecule has 0 unspecified atom stereocenters. The van der Waals surface area contributed by atoms with Gasteiger partial charge in [-0.1, -0.05) is 12.2 Å². The van der Waals surface area contributed by atoms with Crippen LogP contribution >= 0.6 is 0 Å². The van der Waals surface area contributed by atoms with E-state index in [4.69, 9.17) is 0 Å². The lowest BCUT2D eigenvalue weighted by atomic mass is 10.2. The zero-order valence-corrected chi connectivity index (χ0v) is 9.32. The van der Waals surface area contributed by atoms with Gasteiger partial charge in [0.1, 0.15) is 12.2 Å². The molecule has 88 valence electrons. The molecule has 0 atom stereocenters. The lowest BCUT2D eigenvalue weighted by Crippen LogP contribution is -2.14. The van der Waals surface area contributed by atoms with Gasteiger partial charge in [0.25, 0.3) is 0 Å². The maximum absolute atomic E-state index is 11.2. The van der Waals surface area contributed by atoms with Crippen LogP contribution in [-0.2, 0) is 24.2 Å². The summed E-state index contributed by atoms with van der Waals surface area (Å²) in [7, 11) is 0. The molecule has 0 spiro atoms. The first-order valence-corrected chi connectivity index (χ1v) is 4.66. The summed E-state index contributed by atoms with van der Waals surface area (Å²) < 4.78 is 0. The van der Waals surface area contributed by atoms with Crippen LogP contribution in [0.4, 0.5) is 0 Å². The van der Waals surface area contributed by atoms with Gasteiger partial charge in [-0.25, -0.2) is 19.4 Å². The van der Waals surface area contributed by atoms with E-state index in [0.717, 1.165) is 0 Å². The van der Waals surface area contributed by atoms with E-state index in [-0.39, 0.29) is 5.78 Å². The summed E-state index contributed by atoms with van der Waals surface area (Å²) in [5, 5.41) is 0. The topological polar surface area (TPSA) is 69.7 Å². The lowest BCUT2D eigenvalue weighted by Gasteiger charge is -2.01. The third-order valence-electron chi connectivity index (χ3n) is 1.52. The van der Waals surface area contributed by atoms with Crippen LogP contribution in [-0.4, -0.2) is 17.7 Å². The molecule has 0 bridgehead atoms. The number of Topliss-reactive ketones (excluding diaryl/α,β-unsaturated/α-hetero) is 1. The molecule has 0 heterocycles. The van der Waals surface area contributed by atoms with Crippen molar-refractivity contribution in [2.24, 2.45) is 0 Å². The Kier molecular flexibility index (Phi) is 6.51. The summed E-state index contributed by atoms with van der Waals surface area (Å²) in [6.45, 7) is 6.23. The summed E-state index contributed by atoms with van der Waals surface area (Å²) >= 11 is 0. The lowest BCUT2D eigenvalue weighted by molar-refractivity contribution is -0.255. The Balaban J connectivity index is 4.02. The Labute approximate surface area is 93.7 Å². The molecule has 0 aliphatic rings. The molecule has 0 N–H and O–H groups in total. The largest absolute Gasteiger partial charge is 0.381 e. The van der Waals surface area contributed by atoms with E-state index in [1.54, 1.807) is 12.2 Å². The van der Waals surface area contributed by atoms with Crippen molar-refractivity contribution in [2.45, 2.75) is 26.7 Å². The SMILES string of the molecule is C=CCC=C(C)C(=O)OOC(=O)CC(C)=O. The second-order valence-electron chi connectivity index (χ2n) is 3.12. The minimum Gasteiger partial charge on any atom is -0.299 e. The number of carbonyl (C=O) groups excluding carboxylic acids is 3. The summed E-state index contributed by atoms with van der Waals surface area (Å²) in [5.74, 6) is -2.02. The smallest absolute Gasteiger partial charge is 0.299 e. The first-order chi connectivity index (χ1) is 7.47. The molecule has 0 rings (SSSR count). The van der Waals surface area contributed by atoms with Gasteiger partial charge in [0.15, 0.2) is 0 Å². The van der Waals surface area contributed by atoms with Crippen molar-refractivity contribution in [3.8, 4) is 0 Å². The Morgan fingerprint density at radius 1 is 1.19 bits per heavy atom. The molecule has 0 aromatic rings. The van der Waals surface area contributed by atoms with Crippen LogP contribution in [0.2, 0.25) is 0 Å². The zero-order chi connectivity index (χ0) is 12.6. The summed E-state index contributed by atoms with van der Waals surface area (Å²) in [6, 6.07) is 0. The highest BCUT2D eigenvalue weighted by Crippen LogP contribution is 2.00. The fourth-order valence-corrected chi connectivity index (χ4v) is 0.726. The fourth-order valence-electron chi connectivity index (χ4n) is 0.726. The third-order valence-corrected chi connectivity index (χ3v) is 1.52. The maximum Gasteiger partial charge on any atom is 0.381 e. The van der Waals surface area contributed by atoms with E-state index < -0.39 is 18.4 Å². The Morgan fingerprint density at radius 2 is 1.81 bits per heavy atom.